The summed E-state index contributed by atoms with van der Waals surface area (Å²) in [5, 5.41) is 10.9. The Bertz CT molecular complexity index is 1480. The van der Waals surface area contributed by atoms with E-state index in [1.807, 2.05) is 67.7 Å². The zero-order valence-electron chi connectivity index (χ0n) is 19.8. The van der Waals surface area contributed by atoms with Crippen LogP contribution in [0.1, 0.15) is 32.9 Å². The molecular weight excluding hydrogens is 434 g/mol. The minimum Gasteiger partial charge on any atom is -0.364 e. The van der Waals surface area contributed by atoms with Crippen LogP contribution in [-0.2, 0) is 13.1 Å². The van der Waals surface area contributed by atoms with Crippen LogP contribution in [0.25, 0.3) is 16.6 Å². The number of rotatable bonds is 7. The van der Waals surface area contributed by atoms with Gasteiger partial charge in [0, 0.05) is 24.8 Å². The molecule has 1 amide bonds. The van der Waals surface area contributed by atoms with Gasteiger partial charge in [-0.3, -0.25) is 4.79 Å². The summed E-state index contributed by atoms with van der Waals surface area (Å²) < 4.78 is 1.73. The monoisotopic (exact) mass is 461 g/mol. The van der Waals surface area contributed by atoms with Gasteiger partial charge in [0.05, 0.1) is 0 Å². The van der Waals surface area contributed by atoms with Crippen molar-refractivity contribution < 1.29 is 4.79 Å². The first kappa shape index (κ1) is 22.3. The largest absolute Gasteiger partial charge is 0.364 e. The van der Waals surface area contributed by atoms with Crippen molar-refractivity contribution in [2.45, 2.75) is 26.9 Å². The van der Waals surface area contributed by atoms with Crippen molar-refractivity contribution in [2.75, 3.05) is 5.32 Å². The number of nitrogens with zero attached hydrogens (tertiary/aromatic N) is 3. The van der Waals surface area contributed by atoms with Crippen LogP contribution in [0.4, 0.5) is 5.82 Å². The number of hydrogen-bond donors (Lipinski definition) is 2. The molecule has 174 valence electrons. The van der Waals surface area contributed by atoms with E-state index in [4.69, 9.17) is 0 Å². The van der Waals surface area contributed by atoms with Crippen molar-refractivity contribution in [2.24, 2.45) is 0 Å². The summed E-state index contributed by atoms with van der Waals surface area (Å²) in [7, 11) is 0. The minimum absolute atomic E-state index is 0.119. The summed E-state index contributed by atoms with van der Waals surface area (Å²) >= 11 is 0. The molecule has 0 saturated carbocycles. The topological polar surface area (TPSA) is 71.3 Å². The van der Waals surface area contributed by atoms with Gasteiger partial charge in [-0.05, 0) is 42.2 Å². The van der Waals surface area contributed by atoms with Gasteiger partial charge in [-0.25, -0.2) is 9.50 Å². The highest BCUT2D eigenvalue weighted by Crippen LogP contribution is 2.29. The molecule has 0 aliphatic rings. The molecule has 0 unspecified atom stereocenters. The number of aryl methyl sites for hydroxylation is 2. The Hall–Kier alpha value is -4.45. The second-order valence-electron chi connectivity index (χ2n) is 8.62. The van der Waals surface area contributed by atoms with Crippen LogP contribution in [-0.4, -0.2) is 20.5 Å². The molecule has 3 aromatic carbocycles. The number of nitrogens with one attached hydrogen (secondary N) is 2. The Morgan fingerprint density at radius 1 is 0.886 bits per heavy atom. The molecule has 0 aliphatic carbocycles. The maximum atomic E-state index is 13.1. The number of benzene rings is 3. The molecule has 2 aromatic heterocycles. The zero-order chi connectivity index (χ0) is 24.2. The van der Waals surface area contributed by atoms with Crippen LogP contribution >= 0.6 is 0 Å². The van der Waals surface area contributed by atoms with E-state index in [0.717, 1.165) is 33.3 Å². The van der Waals surface area contributed by atoms with Gasteiger partial charge < -0.3 is 10.6 Å². The number of amides is 1. The molecular formula is C29H27N5O. The Morgan fingerprint density at radius 2 is 1.63 bits per heavy atom. The highest BCUT2D eigenvalue weighted by Gasteiger charge is 2.18. The first-order valence-electron chi connectivity index (χ1n) is 11.7. The molecule has 0 bridgehead atoms. The van der Waals surface area contributed by atoms with Gasteiger partial charge >= 0.3 is 0 Å². The molecule has 0 atom stereocenters. The first-order valence-corrected chi connectivity index (χ1v) is 11.7. The third kappa shape index (κ3) is 4.92. The van der Waals surface area contributed by atoms with Crippen LogP contribution in [0, 0.1) is 13.8 Å². The Kier molecular flexibility index (Phi) is 6.26. The maximum Gasteiger partial charge on any atom is 0.291 e. The molecule has 2 heterocycles. The van der Waals surface area contributed by atoms with Crippen LogP contribution in [0.5, 0.6) is 0 Å². The molecule has 2 N–H and O–H groups in total. The van der Waals surface area contributed by atoms with Gasteiger partial charge in [0.25, 0.3) is 5.91 Å². The Balaban J connectivity index is 1.48. The fourth-order valence-electron chi connectivity index (χ4n) is 4.18. The molecule has 0 aliphatic heterocycles. The molecule has 6 heteroatoms. The van der Waals surface area contributed by atoms with E-state index in [9.17, 15) is 4.79 Å². The quantitative estimate of drug-likeness (QED) is 0.333. The molecule has 0 saturated heterocycles. The van der Waals surface area contributed by atoms with Gasteiger partial charge in [0.2, 0.25) is 5.82 Å². The van der Waals surface area contributed by atoms with E-state index < -0.39 is 0 Å². The number of fused-ring (bicyclic) bond motifs is 1. The van der Waals surface area contributed by atoms with E-state index in [-0.39, 0.29) is 11.7 Å². The Morgan fingerprint density at radius 3 is 2.37 bits per heavy atom. The summed E-state index contributed by atoms with van der Waals surface area (Å²) in [5.74, 6) is 0.419. The standard InChI is InChI=1S/C29H27N5O/c1-20-13-14-24(21(2)17-20)19-31-29(35)28-32-27(30-18-22-9-5-3-6-10-22)26-25(15-16-34(26)33-28)23-11-7-4-8-12-23/h3-17H,18-19H2,1-2H3,(H,31,35)(H,30,32,33). The summed E-state index contributed by atoms with van der Waals surface area (Å²) in [6.07, 6.45) is 1.87. The number of carbonyl (C=O) groups excluding carboxylic acids is 1. The van der Waals surface area contributed by atoms with Crippen molar-refractivity contribution in [3.8, 4) is 11.1 Å². The fourth-order valence-corrected chi connectivity index (χ4v) is 4.18. The summed E-state index contributed by atoms with van der Waals surface area (Å²) in [5.41, 5.74) is 7.43. The van der Waals surface area contributed by atoms with Crippen molar-refractivity contribution in [3.05, 3.63) is 119 Å². The van der Waals surface area contributed by atoms with Gasteiger partial charge in [-0.15, -0.1) is 5.10 Å². The van der Waals surface area contributed by atoms with Crippen molar-refractivity contribution in [1.82, 2.24) is 19.9 Å². The van der Waals surface area contributed by atoms with Crippen LogP contribution in [0.15, 0.2) is 91.1 Å². The predicted octanol–water partition coefficient (Wildman–Crippen LogP) is 5.56. The minimum atomic E-state index is -0.315. The van der Waals surface area contributed by atoms with Crippen LogP contribution in [0.3, 0.4) is 0 Å². The van der Waals surface area contributed by atoms with Crippen molar-refractivity contribution >= 4 is 17.2 Å². The van der Waals surface area contributed by atoms with Crippen molar-refractivity contribution in [3.63, 3.8) is 0 Å². The molecule has 5 aromatic rings. The lowest BCUT2D eigenvalue weighted by Gasteiger charge is -2.12. The average Bonchev–Trinajstić information content (AvgIpc) is 3.32. The fraction of sp³-hybridized carbons (Fsp3) is 0.138. The average molecular weight is 462 g/mol. The van der Waals surface area contributed by atoms with E-state index in [0.29, 0.717) is 18.9 Å². The highest BCUT2D eigenvalue weighted by molar-refractivity contribution is 5.93. The predicted molar refractivity (Wildman–Crippen MR) is 139 cm³/mol. The third-order valence-electron chi connectivity index (χ3n) is 6.04. The van der Waals surface area contributed by atoms with Gasteiger partial charge in [-0.1, -0.05) is 84.4 Å². The van der Waals surface area contributed by atoms with E-state index in [2.05, 4.69) is 58.0 Å². The van der Waals surface area contributed by atoms with Crippen LogP contribution in [0.2, 0.25) is 0 Å². The van der Waals surface area contributed by atoms with Crippen molar-refractivity contribution in [1.29, 1.82) is 0 Å². The molecule has 6 nitrogen and oxygen atoms in total. The molecule has 5 rings (SSSR count). The van der Waals surface area contributed by atoms with E-state index in [1.54, 1.807) is 4.52 Å². The second kappa shape index (κ2) is 9.81. The molecule has 0 radical (unpaired) electrons. The smallest absolute Gasteiger partial charge is 0.291 e. The summed E-state index contributed by atoms with van der Waals surface area (Å²) in [4.78, 5) is 17.7. The highest BCUT2D eigenvalue weighted by atomic mass is 16.2. The van der Waals surface area contributed by atoms with E-state index >= 15 is 0 Å². The molecule has 0 fully saturated rings. The number of anilines is 1. The molecule has 35 heavy (non-hydrogen) atoms. The lowest BCUT2D eigenvalue weighted by atomic mass is 10.1. The first-order chi connectivity index (χ1) is 17.1. The molecule has 0 spiro atoms. The lowest BCUT2D eigenvalue weighted by molar-refractivity contribution is 0.0939. The van der Waals surface area contributed by atoms with Crippen LogP contribution < -0.4 is 10.6 Å². The Labute approximate surface area is 204 Å². The summed E-state index contributed by atoms with van der Waals surface area (Å²) in [6.45, 7) is 5.10. The second-order valence-corrected chi connectivity index (χ2v) is 8.62. The number of aromatic nitrogens is 3. The lowest BCUT2D eigenvalue weighted by Crippen LogP contribution is -2.26. The van der Waals surface area contributed by atoms with Gasteiger partial charge in [-0.2, -0.15) is 0 Å². The van der Waals surface area contributed by atoms with Gasteiger partial charge in [0.15, 0.2) is 5.82 Å². The third-order valence-corrected chi connectivity index (χ3v) is 6.04. The van der Waals surface area contributed by atoms with Gasteiger partial charge in [0.1, 0.15) is 5.52 Å². The maximum absolute atomic E-state index is 13.1. The number of carbonyl (C=O) groups is 1. The summed E-state index contributed by atoms with van der Waals surface area (Å²) in [6, 6.07) is 28.4. The van der Waals surface area contributed by atoms with E-state index in [1.165, 1.54) is 5.56 Å². The normalized spacial score (nSPS) is 10.9. The SMILES string of the molecule is Cc1ccc(CNC(=O)c2nc(NCc3ccccc3)c3c(-c4ccccc4)ccn3n2)c(C)c1. The number of hydrogen-bond acceptors (Lipinski definition) is 4. The zero-order valence-corrected chi connectivity index (χ0v) is 19.8.